The van der Waals surface area contributed by atoms with Gasteiger partial charge in [-0.05, 0) is 22.3 Å². The summed E-state index contributed by atoms with van der Waals surface area (Å²) in [6, 6.07) is 59.5. The third-order valence-electron chi connectivity index (χ3n) is 6.88. The van der Waals surface area contributed by atoms with Gasteiger partial charge in [-0.25, -0.2) is 0 Å². The van der Waals surface area contributed by atoms with Crippen LogP contribution in [-0.2, 0) is 19.6 Å². The molecule has 0 radical (unpaired) electrons. The number of carbonyl (C=O) groups is 2. The highest BCUT2D eigenvalue weighted by atomic mass is 16.1. The normalized spacial score (nSPS) is 8.46. The van der Waals surface area contributed by atoms with Crippen molar-refractivity contribution < 1.29 is 9.59 Å². The molecule has 0 aliphatic heterocycles. The molecule has 0 aliphatic carbocycles. The number of rotatable bonds is 13. The van der Waals surface area contributed by atoms with E-state index >= 15 is 0 Å². The summed E-state index contributed by atoms with van der Waals surface area (Å²) in [6.45, 7) is 28.4. The lowest BCUT2D eigenvalue weighted by atomic mass is 10.2. The lowest BCUT2D eigenvalue weighted by Crippen LogP contribution is -2.28. The van der Waals surface area contributed by atoms with Crippen molar-refractivity contribution in [2.45, 2.75) is 103 Å². The second kappa shape index (κ2) is 62.4. The van der Waals surface area contributed by atoms with E-state index in [2.05, 4.69) is 93.1 Å². The molecule has 0 unspecified atom stereocenters. The fraction of sp³-hybridized carbons (Fsp3) is 0.316. The Bertz CT molecular complexity index is 1640. The minimum absolute atomic E-state index is 0.250. The summed E-state index contributed by atoms with van der Waals surface area (Å²) in [7, 11) is 0. The van der Waals surface area contributed by atoms with Crippen LogP contribution < -0.4 is 27.4 Å². The Morgan fingerprint density at radius 2 is 0.600 bits per heavy atom. The molecule has 7 N–H and O–H groups in total. The van der Waals surface area contributed by atoms with Crippen molar-refractivity contribution in [3.05, 3.63) is 215 Å². The van der Waals surface area contributed by atoms with Gasteiger partial charge in [0, 0.05) is 50.3 Å². The van der Waals surface area contributed by atoms with E-state index in [4.69, 9.17) is 0 Å². The number of nitrogens with one attached hydrogen (secondary N) is 3. The van der Waals surface area contributed by atoms with Gasteiger partial charge in [0.25, 0.3) is 0 Å². The largest absolute Gasteiger partial charge is 0.319 e. The van der Waals surface area contributed by atoms with Gasteiger partial charge in [-0.3, -0.25) is 19.9 Å². The van der Waals surface area contributed by atoms with Crippen LogP contribution in [0.3, 0.4) is 0 Å². The number of nitrogens with two attached hydrogens (primary N) is 2. The molecule has 6 rings (SSSR count). The van der Waals surface area contributed by atoms with Crippen molar-refractivity contribution in [2.24, 2.45) is 16.5 Å². The average molecular weight is 889 g/mol. The van der Waals surface area contributed by atoms with Gasteiger partial charge in [0.15, 0.2) is 0 Å². The Morgan fingerprint density at radius 1 is 0.369 bits per heavy atom. The Hall–Kier alpha value is -5.87. The first-order valence-corrected chi connectivity index (χ1v) is 23.4. The van der Waals surface area contributed by atoms with Crippen molar-refractivity contribution in [3.63, 3.8) is 0 Å². The Balaban J connectivity index is -0.000000232. The third kappa shape index (κ3) is 47.4. The molecule has 65 heavy (non-hydrogen) atoms. The van der Waals surface area contributed by atoms with Crippen molar-refractivity contribution in [1.29, 1.82) is 0 Å². The topological polar surface area (TPSA) is 135 Å². The molecule has 0 atom stereocenters. The van der Waals surface area contributed by atoms with E-state index < -0.39 is 0 Å². The van der Waals surface area contributed by atoms with E-state index in [1.54, 1.807) is 24.3 Å². The van der Waals surface area contributed by atoms with Crippen LogP contribution in [-0.4, -0.2) is 38.8 Å². The quantitative estimate of drug-likeness (QED) is 0.0337. The fourth-order valence-electron chi connectivity index (χ4n) is 4.31. The standard InChI is InChI=1S/C15H18N2.C15H16N2.2C7H6O.6C2H6.CH6N2/c2*1-3-7-14(8-4-1)11-16-13-17-12-15-9-5-2-6-10-15;2*8-6-7-4-2-1-3-5-7;6*1-2;2-1-3/h1-10,16-17H,11-13H2;1-11,17H,12-13H2;2*1-6H;6*1-2H3;1-3H2. The number of benzene rings is 6. The monoisotopic (exact) mass is 889 g/mol. The van der Waals surface area contributed by atoms with Crippen molar-refractivity contribution >= 4 is 18.8 Å². The number of hydrogen-bond acceptors (Lipinski definition) is 8. The number of aldehydes is 2. The predicted molar refractivity (Wildman–Crippen MR) is 289 cm³/mol. The van der Waals surface area contributed by atoms with E-state index in [1.807, 2.05) is 186 Å². The van der Waals surface area contributed by atoms with Gasteiger partial charge in [-0.2, -0.15) is 0 Å². The smallest absolute Gasteiger partial charge is 0.150 e. The highest BCUT2D eigenvalue weighted by Gasteiger charge is 1.92. The van der Waals surface area contributed by atoms with Crippen LogP contribution in [0.2, 0.25) is 0 Å². The molecule has 0 aliphatic rings. The van der Waals surface area contributed by atoms with E-state index in [0.717, 1.165) is 55.6 Å². The van der Waals surface area contributed by atoms with E-state index in [9.17, 15) is 9.59 Å². The SMILES string of the molecule is C(=NCNCc1ccccc1)c1ccccc1.CC.CC.CC.CC.CC.CC.NCN.O=Cc1ccccc1.O=Cc1ccccc1.c1ccc(CNCNCc2ccccc2)cc1. The molecule has 8 heteroatoms. The molecule has 0 saturated heterocycles. The van der Waals surface area contributed by atoms with Crippen molar-refractivity contribution in [1.82, 2.24) is 16.0 Å². The van der Waals surface area contributed by atoms with Crippen LogP contribution in [0.1, 0.15) is 126 Å². The summed E-state index contributed by atoms with van der Waals surface area (Å²) >= 11 is 0. The molecule has 0 saturated carbocycles. The van der Waals surface area contributed by atoms with Gasteiger partial charge in [0.1, 0.15) is 12.6 Å². The average Bonchev–Trinajstić information content (AvgIpc) is 3.42. The second-order valence-electron chi connectivity index (χ2n) is 11.1. The van der Waals surface area contributed by atoms with Crippen LogP contribution in [0.4, 0.5) is 0 Å². The van der Waals surface area contributed by atoms with E-state index in [0.29, 0.717) is 6.67 Å². The number of hydrogen-bond donors (Lipinski definition) is 5. The molecule has 358 valence electrons. The molecule has 8 nitrogen and oxygen atoms in total. The molecule has 0 amide bonds. The molecule has 6 aromatic carbocycles. The maximum absolute atomic E-state index is 10.0. The molecule has 0 aromatic heterocycles. The maximum atomic E-state index is 10.0. The highest BCUT2D eigenvalue weighted by Crippen LogP contribution is 1.99. The van der Waals surface area contributed by atoms with Crippen LogP contribution in [0.15, 0.2) is 187 Å². The molecule has 0 fully saturated rings. The zero-order valence-electron chi connectivity index (χ0n) is 42.2. The summed E-state index contributed by atoms with van der Waals surface area (Å²) in [5.41, 5.74) is 15.7. The summed E-state index contributed by atoms with van der Waals surface area (Å²) < 4.78 is 0. The molecule has 0 spiro atoms. The van der Waals surface area contributed by atoms with Crippen LogP contribution in [0.25, 0.3) is 0 Å². The predicted octanol–water partition coefficient (Wildman–Crippen LogP) is 13.4. The van der Waals surface area contributed by atoms with Gasteiger partial charge < -0.3 is 22.1 Å². The Kier molecular flexibility index (Phi) is 65.5. The summed E-state index contributed by atoms with van der Waals surface area (Å²) in [6.07, 6.45) is 3.55. The number of aliphatic imine (C=N–C) groups is 1. The van der Waals surface area contributed by atoms with Crippen LogP contribution in [0, 0.1) is 0 Å². The first-order valence-electron chi connectivity index (χ1n) is 23.4. The molecule has 0 heterocycles. The van der Waals surface area contributed by atoms with Gasteiger partial charge >= 0.3 is 0 Å². The molecular formula is C57H88N6O2. The summed E-state index contributed by atoms with van der Waals surface area (Å²) in [5, 5.41) is 10.00. The minimum atomic E-state index is 0.250. The van der Waals surface area contributed by atoms with Gasteiger partial charge in [0.05, 0.1) is 6.67 Å². The lowest BCUT2D eigenvalue weighted by Gasteiger charge is -2.07. The maximum Gasteiger partial charge on any atom is 0.150 e. The van der Waals surface area contributed by atoms with Gasteiger partial charge in [-0.1, -0.05) is 265 Å². The second-order valence-corrected chi connectivity index (χ2v) is 11.1. The Morgan fingerprint density at radius 3 is 0.846 bits per heavy atom. The van der Waals surface area contributed by atoms with Crippen LogP contribution >= 0.6 is 0 Å². The van der Waals surface area contributed by atoms with Crippen molar-refractivity contribution in [2.75, 3.05) is 20.0 Å². The zero-order valence-corrected chi connectivity index (χ0v) is 42.2. The highest BCUT2D eigenvalue weighted by molar-refractivity contribution is 5.79. The van der Waals surface area contributed by atoms with Gasteiger partial charge in [0.2, 0.25) is 0 Å². The molecule has 6 aromatic rings. The summed E-state index contributed by atoms with van der Waals surface area (Å²) in [5.74, 6) is 0. The first kappa shape index (κ1) is 68.2. The van der Waals surface area contributed by atoms with E-state index in [-0.39, 0.29) is 6.67 Å². The van der Waals surface area contributed by atoms with Crippen LogP contribution in [0.5, 0.6) is 0 Å². The molecule has 0 bridgehead atoms. The number of nitrogens with zero attached hydrogens (tertiary/aromatic N) is 1. The number of carbonyl (C=O) groups excluding carboxylic acids is 2. The fourth-order valence-corrected chi connectivity index (χ4v) is 4.31. The minimum Gasteiger partial charge on any atom is -0.319 e. The Labute approximate surface area is 397 Å². The third-order valence-corrected chi connectivity index (χ3v) is 6.88. The van der Waals surface area contributed by atoms with E-state index in [1.165, 1.54) is 16.7 Å². The zero-order chi connectivity index (χ0) is 49.9. The summed E-state index contributed by atoms with van der Waals surface area (Å²) in [4.78, 5) is 24.3. The first-order chi connectivity index (χ1) is 32.2. The van der Waals surface area contributed by atoms with Gasteiger partial charge in [-0.15, -0.1) is 0 Å². The lowest BCUT2D eigenvalue weighted by molar-refractivity contribution is 0.111. The van der Waals surface area contributed by atoms with Crippen molar-refractivity contribution in [3.8, 4) is 0 Å². The molecular weight excluding hydrogens is 801 g/mol.